The van der Waals surface area contributed by atoms with Crippen molar-refractivity contribution in [2.45, 2.75) is 39.2 Å². The molecule has 1 aliphatic heterocycles. The summed E-state index contributed by atoms with van der Waals surface area (Å²) >= 11 is 0. The lowest BCUT2D eigenvalue weighted by Crippen LogP contribution is -2.42. The number of likely N-dealkylation sites (tertiary alicyclic amines) is 1. The molecular formula is C11H17N3O. The maximum absolute atomic E-state index is 12.2. The second kappa shape index (κ2) is 3.36. The highest BCUT2D eigenvalue weighted by molar-refractivity contribution is 5.95. The van der Waals surface area contributed by atoms with Gasteiger partial charge in [-0.25, -0.2) is 0 Å². The molecule has 0 saturated carbocycles. The van der Waals surface area contributed by atoms with E-state index in [0.717, 1.165) is 25.1 Å². The van der Waals surface area contributed by atoms with E-state index in [1.807, 2.05) is 11.8 Å². The van der Waals surface area contributed by atoms with Gasteiger partial charge in [-0.15, -0.1) is 0 Å². The quantitative estimate of drug-likeness (QED) is 0.762. The van der Waals surface area contributed by atoms with Crippen LogP contribution in [0.3, 0.4) is 0 Å². The lowest BCUT2D eigenvalue weighted by Gasteiger charge is -2.31. The molecule has 2 heterocycles. The molecule has 4 nitrogen and oxygen atoms in total. The number of aromatic amines is 1. The van der Waals surface area contributed by atoms with Crippen molar-refractivity contribution in [1.82, 2.24) is 15.1 Å². The summed E-state index contributed by atoms with van der Waals surface area (Å²) in [6.45, 7) is 6.97. The molecule has 1 aliphatic rings. The first-order chi connectivity index (χ1) is 7.02. The summed E-state index contributed by atoms with van der Waals surface area (Å²) < 4.78 is 0. The Morgan fingerprint density at radius 3 is 2.80 bits per heavy atom. The zero-order chi connectivity index (χ0) is 11.1. The number of amides is 1. The number of carbonyl (C=O) groups excluding carboxylic acids is 1. The predicted molar refractivity (Wildman–Crippen MR) is 57.7 cm³/mol. The Kier molecular flexibility index (Phi) is 2.29. The minimum absolute atomic E-state index is 0.0131. The third-order valence-corrected chi connectivity index (χ3v) is 3.21. The minimum Gasteiger partial charge on any atom is -0.333 e. The number of carbonyl (C=O) groups is 1. The fourth-order valence-electron chi connectivity index (χ4n) is 2.20. The van der Waals surface area contributed by atoms with E-state index in [2.05, 4.69) is 24.0 Å². The largest absolute Gasteiger partial charge is 0.333 e. The maximum Gasteiger partial charge on any atom is 0.257 e. The first-order valence-corrected chi connectivity index (χ1v) is 5.34. The van der Waals surface area contributed by atoms with Crippen LogP contribution in [-0.4, -0.2) is 33.1 Å². The summed E-state index contributed by atoms with van der Waals surface area (Å²) in [5.74, 6) is 0.101. The van der Waals surface area contributed by atoms with E-state index < -0.39 is 0 Å². The molecule has 1 saturated heterocycles. The van der Waals surface area contributed by atoms with Crippen LogP contribution < -0.4 is 0 Å². The van der Waals surface area contributed by atoms with Crippen molar-refractivity contribution < 1.29 is 4.79 Å². The lowest BCUT2D eigenvalue weighted by atomic mass is 10.0. The van der Waals surface area contributed by atoms with Crippen molar-refractivity contribution in [1.29, 1.82) is 0 Å². The average Bonchev–Trinajstić information content (AvgIpc) is 2.70. The summed E-state index contributed by atoms with van der Waals surface area (Å²) in [4.78, 5) is 14.2. The minimum atomic E-state index is -0.0131. The van der Waals surface area contributed by atoms with Gasteiger partial charge in [-0.05, 0) is 33.6 Å². The molecule has 0 unspecified atom stereocenters. The molecule has 15 heavy (non-hydrogen) atoms. The molecule has 2 rings (SSSR count). The number of H-pyrrole nitrogens is 1. The van der Waals surface area contributed by atoms with E-state index in [1.165, 1.54) is 0 Å². The molecule has 82 valence electrons. The van der Waals surface area contributed by atoms with Crippen molar-refractivity contribution in [3.05, 3.63) is 17.5 Å². The van der Waals surface area contributed by atoms with Crippen LogP contribution in [0.1, 0.15) is 42.7 Å². The number of nitrogens with zero attached hydrogens (tertiary/aromatic N) is 2. The van der Waals surface area contributed by atoms with Gasteiger partial charge in [0, 0.05) is 17.8 Å². The summed E-state index contributed by atoms with van der Waals surface area (Å²) in [5, 5.41) is 6.69. The smallest absolute Gasteiger partial charge is 0.257 e. The van der Waals surface area contributed by atoms with Crippen molar-refractivity contribution in [2.75, 3.05) is 6.54 Å². The number of rotatable bonds is 1. The van der Waals surface area contributed by atoms with E-state index in [-0.39, 0.29) is 11.4 Å². The van der Waals surface area contributed by atoms with Crippen LogP contribution in [0.5, 0.6) is 0 Å². The molecule has 0 atom stereocenters. The van der Waals surface area contributed by atoms with Crippen molar-refractivity contribution in [3.63, 3.8) is 0 Å². The van der Waals surface area contributed by atoms with Gasteiger partial charge in [0.25, 0.3) is 5.91 Å². The van der Waals surface area contributed by atoms with Crippen LogP contribution >= 0.6 is 0 Å². The van der Waals surface area contributed by atoms with Gasteiger partial charge >= 0.3 is 0 Å². The number of hydrogen-bond acceptors (Lipinski definition) is 2. The number of hydrogen-bond donors (Lipinski definition) is 1. The highest BCUT2D eigenvalue weighted by atomic mass is 16.2. The van der Waals surface area contributed by atoms with Gasteiger partial charge in [0.1, 0.15) is 0 Å². The van der Waals surface area contributed by atoms with Gasteiger partial charge < -0.3 is 4.90 Å². The summed E-state index contributed by atoms with van der Waals surface area (Å²) in [5.41, 5.74) is 1.54. The highest BCUT2D eigenvalue weighted by Crippen LogP contribution is 2.29. The molecule has 0 bridgehead atoms. The fourth-order valence-corrected chi connectivity index (χ4v) is 2.20. The van der Waals surface area contributed by atoms with Crippen molar-refractivity contribution >= 4 is 5.91 Å². The number of aromatic nitrogens is 2. The highest BCUT2D eigenvalue weighted by Gasteiger charge is 2.36. The van der Waals surface area contributed by atoms with Crippen LogP contribution in [-0.2, 0) is 0 Å². The third-order valence-electron chi connectivity index (χ3n) is 3.21. The Morgan fingerprint density at radius 1 is 1.60 bits per heavy atom. The SMILES string of the molecule is Cc1[nH]ncc1C(=O)N1CCCC1(C)C. The van der Waals surface area contributed by atoms with Crippen LogP contribution in [0.2, 0.25) is 0 Å². The Balaban J connectivity index is 2.26. The van der Waals surface area contributed by atoms with Crippen molar-refractivity contribution in [3.8, 4) is 0 Å². The lowest BCUT2D eigenvalue weighted by molar-refractivity contribution is 0.0651. The predicted octanol–water partition coefficient (Wildman–Crippen LogP) is 1.73. The van der Waals surface area contributed by atoms with E-state index in [4.69, 9.17) is 0 Å². The van der Waals surface area contributed by atoms with Crippen LogP contribution in [0.4, 0.5) is 0 Å². The first kappa shape index (κ1) is 10.2. The fraction of sp³-hybridized carbons (Fsp3) is 0.636. The third kappa shape index (κ3) is 1.64. The van der Waals surface area contributed by atoms with Gasteiger partial charge in [-0.1, -0.05) is 0 Å². The first-order valence-electron chi connectivity index (χ1n) is 5.34. The summed E-state index contributed by atoms with van der Waals surface area (Å²) in [6.07, 6.45) is 3.79. The molecule has 0 aromatic carbocycles. The number of aryl methyl sites for hydroxylation is 1. The Hall–Kier alpha value is -1.32. The summed E-state index contributed by atoms with van der Waals surface area (Å²) in [6, 6.07) is 0. The van der Waals surface area contributed by atoms with Crippen LogP contribution in [0.15, 0.2) is 6.20 Å². The topological polar surface area (TPSA) is 49.0 Å². The zero-order valence-corrected chi connectivity index (χ0v) is 9.50. The van der Waals surface area contributed by atoms with Gasteiger partial charge in [0.05, 0.1) is 11.8 Å². The molecule has 0 spiro atoms. The Labute approximate surface area is 89.7 Å². The second-order valence-corrected chi connectivity index (χ2v) is 4.78. The monoisotopic (exact) mass is 207 g/mol. The van der Waals surface area contributed by atoms with E-state index in [1.54, 1.807) is 6.20 Å². The molecule has 1 fully saturated rings. The van der Waals surface area contributed by atoms with E-state index >= 15 is 0 Å². The van der Waals surface area contributed by atoms with E-state index in [0.29, 0.717) is 5.56 Å². The molecule has 1 aromatic rings. The molecule has 0 radical (unpaired) electrons. The molecule has 4 heteroatoms. The van der Waals surface area contributed by atoms with Crippen LogP contribution in [0.25, 0.3) is 0 Å². The number of nitrogens with one attached hydrogen (secondary N) is 1. The van der Waals surface area contributed by atoms with Crippen molar-refractivity contribution in [2.24, 2.45) is 0 Å². The van der Waals surface area contributed by atoms with Gasteiger partial charge in [-0.3, -0.25) is 9.89 Å². The maximum atomic E-state index is 12.2. The summed E-state index contributed by atoms with van der Waals surface area (Å²) in [7, 11) is 0. The molecule has 1 N–H and O–H groups in total. The second-order valence-electron chi connectivity index (χ2n) is 4.78. The zero-order valence-electron chi connectivity index (χ0n) is 9.50. The molecule has 1 amide bonds. The van der Waals surface area contributed by atoms with Crippen LogP contribution in [0, 0.1) is 6.92 Å². The van der Waals surface area contributed by atoms with Gasteiger partial charge in [-0.2, -0.15) is 5.10 Å². The normalized spacial score (nSPS) is 19.5. The Bertz CT molecular complexity index is 381. The average molecular weight is 207 g/mol. The molecule has 1 aromatic heterocycles. The molecular weight excluding hydrogens is 190 g/mol. The standard InChI is InChI=1S/C11H17N3O/c1-8-9(7-12-13-8)10(15)14-6-4-5-11(14,2)3/h7H,4-6H2,1-3H3,(H,12,13). The molecule has 0 aliphatic carbocycles. The van der Waals surface area contributed by atoms with Gasteiger partial charge in [0.2, 0.25) is 0 Å². The van der Waals surface area contributed by atoms with Gasteiger partial charge in [0.15, 0.2) is 0 Å². The van der Waals surface area contributed by atoms with E-state index in [9.17, 15) is 4.79 Å². The Morgan fingerprint density at radius 2 is 2.33 bits per heavy atom.